The molecule has 3 rings (SSSR count). The van der Waals surface area contributed by atoms with Gasteiger partial charge in [-0.3, -0.25) is 4.72 Å². The normalized spacial score (nSPS) is 11.3. The summed E-state index contributed by atoms with van der Waals surface area (Å²) in [7, 11) is -3.75. The number of H-pyrrole nitrogens is 1. The van der Waals surface area contributed by atoms with Gasteiger partial charge in [-0.1, -0.05) is 17.5 Å². The molecule has 0 fully saturated rings. The van der Waals surface area contributed by atoms with Crippen molar-refractivity contribution >= 4 is 38.3 Å². The first kappa shape index (κ1) is 14.4. The van der Waals surface area contributed by atoms with Crippen LogP contribution in [0, 0.1) is 12.3 Å². The van der Waals surface area contributed by atoms with Gasteiger partial charge in [-0.15, -0.1) is 6.42 Å². The number of terminal acetylenes is 1. The van der Waals surface area contributed by atoms with E-state index >= 15 is 0 Å². The zero-order valence-corrected chi connectivity index (χ0v) is 12.7. The van der Waals surface area contributed by atoms with E-state index in [4.69, 9.17) is 18.0 Å². The van der Waals surface area contributed by atoms with Crippen LogP contribution in [0.25, 0.3) is 11.0 Å². The molecule has 1 aromatic carbocycles. The third-order valence-corrected chi connectivity index (χ3v) is 4.69. The maximum absolute atomic E-state index is 12.5. The van der Waals surface area contributed by atoms with E-state index < -0.39 is 10.0 Å². The van der Waals surface area contributed by atoms with Crippen LogP contribution in [0.4, 0.5) is 5.69 Å². The van der Waals surface area contributed by atoms with Gasteiger partial charge in [0.25, 0.3) is 10.0 Å². The molecule has 0 bridgehead atoms. The largest absolute Gasteiger partial charge is 0.345 e. The predicted molar refractivity (Wildman–Crippen MR) is 86.3 cm³/mol. The molecule has 2 N–H and O–H groups in total. The molecule has 110 valence electrons. The van der Waals surface area contributed by atoms with Crippen molar-refractivity contribution in [2.24, 2.45) is 0 Å². The Bertz CT molecular complexity index is 986. The van der Waals surface area contributed by atoms with Crippen LogP contribution in [0.15, 0.2) is 47.5 Å². The number of hydrogen-bond donors (Lipinski definition) is 2. The summed E-state index contributed by atoms with van der Waals surface area (Å²) in [5.74, 6) is 2.47. The first-order valence-electron chi connectivity index (χ1n) is 6.23. The van der Waals surface area contributed by atoms with E-state index in [0.717, 1.165) is 0 Å². The lowest BCUT2D eigenvalue weighted by Gasteiger charge is -2.07. The SMILES string of the molecule is C#Cc1ccc(NS(=O)(=O)c2c[nH]c3nc(Cl)ccc23)cc1. The Hall–Kier alpha value is -2.49. The number of aromatic nitrogens is 2. The Balaban J connectivity index is 1.99. The first-order valence-corrected chi connectivity index (χ1v) is 8.09. The van der Waals surface area contributed by atoms with E-state index in [1.54, 1.807) is 36.4 Å². The molecule has 0 saturated carbocycles. The van der Waals surface area contributed by atoms with E-state index in [0.29, 0.717) is 22.3 Å². The van der Waals surface area contributed by atoms with Gasteiger partial charge >= 0.3 is 0 Å². The number of halogens is 1. The molecule has 0 unspecified atom stereocenters. The number of aromatic amines is 1. The molecule has 0 aliphatic rings. The molecule has 3 aromatic rings. The van der Waals surface area contributed by atoms with Gasteiger partial charge in [-0.25, -0.2) is 13.4 Å². The lowest BCUT2D eigenvalue weighted by molar-refractivity contribution is 0.602. The Morgan fingerprint density at radius 3 is 2.59 bits per heavy atom. The quantitative estimate of drug-likeness (QED) is 0.572. The van der Waals surface area contributed by atoms with E-state index in [-0.39, 0.29) is 10.0 Å². The number of anilines is 1. The van der Waals surface area contributed by atoms with Crippen LogP contribution in [0.2, 0.25) is 5.15 Å². The molecular weight excluding hydrogens is 322 g/mol. The summed E-state index contributed by atoms with van der Waals surface area (Å²) in [5.41, 5.74) is 1.51. The molecule has 0 spiro atoms. The third-order valence-electron chi connectivity index (χ3n) is 3.06. The van der Waals surface area contributed by atoms with Crippen molar-refractivity contribution in [2.75, 3.05) is 4.72 Å². The van der Waals surface area contributed by atoms with Crippen molar-refractivity contribution in [3.8, 4) is 12.3 Å². The summed E-state index contributed by atoms with van der Waals surface area (Å²) in [4.78, 5) is 6.94. The Morgan fingerprint density at radius 1 is 1.18 bits per heavy atom. The van der Waals surface area contributed by atoms with Crippen molar-refractivity contribution in [3.63, 3.8) is 0 Å². The summed E-state index contributed by atoms with van der Waals surface area (Å²) < 4.78 is 27.5. The number of nitrogens with one attached hydrogen (secondary N) is 2. The smallest absolute Gasteiger partial charge is 0.264 e. The average molecular weight is 332 g/mol. The Kier molecular flexibility index (Phi) is 3.53. The van der Waals surface area contributed by atoms with Gasteiger partial charge in [0, 0.05) is 22.8 Å². The van der Waals surface area contributed by atoms with Crippen LogP contribution >= 0.6 is 11.6 Å². The average Bonchev–Trinajstić information content (AvgIpc) is 2.91. The molecule has 2 heterocycles. The monoisotopic (exact) mass is 331 g/mol. The predicted octanol–water partition coefficient (Wildman–Crippen LogP) is 3.00. The van der Waals surface area contributed by atoms with Crippen molar-refractivity contribution in [2.45, 2.75) is 4.90 Å². The highest BCUT2D eigenvalue weighted by Crippen LogP contribution is 2.25. The molecule has 0 amide bonds. The van der Waals surface area contributed by atoms with Gasteiger partial charge in [0.15, 0.2) is 0 Å². The maximum Gasteiger partial charge on any atom is 0.264 e. The number of rotatable bonds is 3. The van der Waals surface area contributed by atoms with Crippen LogP contribution in [-0.2, 0) is 10.0 Å². The van der Waals surface area contributed by atoms with E-state index in [2.05, 4.69) is 20.6 Å². The standard InChI is InChI=1S/C15H10ClN3O2S/c1-2-10-3-5-11(6-4-10)19-22(20,21)13-9-17-15-12(13)7-8-14(16)18-15/h1,3-9,19H,(H,17,18). The Labute approximate surface area is 132 Å². The molecule has 22 heavy (non-hydrogen) atoms. The van der Waals surface area contributed by atoms with E-state index in [9.17, 15) is 8.42 Å². The molecule has 2 aromatic heterocycles. The van der Waals surface area contributed by atoms with Crippen molar-refractivity contribution < 1.29 is 8.42 Å². The summed E-state index contributed by atoms with van der Waals surface area (Å²) in [6.07, 6.45) is 6.65. The third kappa shape index (κ3) is 2.64. The zero-order valence-electron chi connectivity index (χ0n) is 11.2. The number of fused-ring (bicyclic) bond motifs is 1. The van der Waals surface area contributed by atoms with Gasteiger partial charge in [-0.05, 0) is 36.4 Å². The minimum Gasteiger partial charge on any atom is -0.345 e. The minimum atomic E-state index is -3.75. The fraction of sp³-hybridized carbons (Fsp3) is 0. The van der Waals surface area contributed by atoms with E-state index in [1.165, 1.54) is 6.20 Å². The second-order valence-electron chi connectivity index (χ2n) is 4.51. The first-order chi connectivity index (χ1) is 10.5. The lowest BCUT2D eigenvalue weighted by atomic mass is 10.2. The number of pyridine rings is 1. The molecular formula is C15H10ClN3O2S. The van der Waals surface area contributed by atoms with Crippen molar-refractivity contribution in [3.05, 3.63) is 53.3 Å². The number of benzene rings is 1. The summed E-state index contributed by atoms with van der Waals surface area (Å²) in [5, 5.41) is 0.758. The van der Waals surface area contributed by atoms with E-state index in [1.807, 2.05) is 0 Å². The molecule has 0 atom stereocenters. The van der Waals surface area contributed by atoms with Crippen molar-refractivity contribution in [1.29, 1.82) is 0 Å². The minimum absolute atomic E-state index is 0.104. The fourth-order valence-corrected chi connectivity index (χ4v) is 3.39. The summed E-state index contributed by atoms with van der Waals surface area (Å²) >= 11 is 5.79. The highest BCUT2D eigenvalue weighted by atomic mass is 35.5. The van der Waals surface area contributed by atoms with Crippen LogP contribution in [0.1, 0.15) is 5.56 Å². The highest BCUT2D eigenvalue weighted by molar-refractivity contribution is 7.93. The lowest BCUT2D eigenvalue weighted by Crippen LogP contribution is -2.12. The summed E-state index contributed by atoms with van der Waals surface area (Å²) in [6, 6.07) is 9.69. The second-order valence-corrected chi connectivity index (χ2v) is 6.55. The van der Waals surface area contributed by atoms with Crippen LogP contribution in [-0.4, -0.2) is 18.4 Å². The highest BCUT2D eigenvalue weighted by Gasteiger charge is 2.19. The topological polar surface area (TPSA) is 74.8 Å². The molecule has 0 saturated heterocycles. The fourth-order valence-electron chi connectivity index (χ4n) is 2.02. The summed E-state index contributed by atoms with van der Waals surface area (Å²) in [6.45, 7) is 0. The number of nitrogens with zero attached hydrogens (tertiary/aromatic N) is 1. The molecule has 0 radical (unpaired) electrons. The maximum atomic E-state index is 12.5. The molecule has 0 aliphatic heterocycles. The zero-order chi connectivity index (χ0) is 15.7. The number of sulfonamides is 1. The van der Waals surface area contributed by atoms with Crippen LogP contribution in [0.5, 0.6) is 0 Å². The van der Waals surface area contributed by atoms with Gasteiger partial charge in [0.2, 0.25) is 0 Å². The molecule has 0 aliphatic carbocycles. The van der Waals surface area contributed by atoms with Gasteiger partial charge in [0.1, 0.15) is 15.7 Å². The van der Waals surface area contributed by atoms with Gasteiger partial charge < -0.3 is 4.98 Å². The van der Waals surface area contributed by atoms with Gasteiger partial charge in [0.05, 0.1) is 0 Å². The van der Waals surface area contributed by atoms with Crippen molar-refractivity contribution in [1.82, 2.24) is 9.97 Å². The second kappa shape index (κ2) is 5.37. The number of hydrogen-bond acceptors (Lipinski definition) is 3. The van der Waals surface area contributed by atoms with Crippen LogP contribution in [0.3, 0.4) is 0 Å². The Morgan fingerprint density at radius 2 is 1.91 bits per heavy atom. The molecule has 7 heteroatoms. The van der Waals surface area contributed by atoms with Gasteiger partial charge in [-0.2, -0.15) is 0 Å². The van der Waals surface area contributed by atoms with Crippen LogP contribution < -0.4 is 4.72 Å². The molecule has 5 nitrogen and oxygen atoms in total.